The van der Waals surface area contributed by atoms with Crippen LogP contribution in [0.15, 0.2) is 170 Å². The molecule has 0 aliphatic carbocycles. The van der Waals surface area contributed by atoms with Gasteiger partial charge >= 0.3 is 0 Å². The minimum Gasteiger partial charge on any atom is -0.506 e. The maximum atomic E-state index is 12.3. The van der Waals surface area contributed by atoms with Gasteiger partial charge < -0.3 is 25.7 Å². The number of aromatic nitrogens is 3. The number of hydrogen-bond donors (Lipinski definition) is 6. The predicted octanol–water partition coefficient (Wildman–Crippen LogP) is 12.0. The number of nitro groups is 1. The molecule has 0 atom stereocenters. The van der Waals surface area contributed by atoms with Gasteiger partial charge in [0, 0.05) is 69.2 Å². The first-order valence-corrected chi connectivity index (χ1v) is 24.8. The van der Waals surface area contributed by atoms with Crippen LogP contribution < -0.4 is 5.32 Å². The van der Waals surface area contributed by atoms with Crippen molar-refractivity contribution in [2.75, 3.05) is 11.1 Å². The number of halogens is 1. The van der Waals surface area contributed by atoms with E-state index in [1.165, 1.54) is 18.2 Å². The summed E-state index contributed by atoms with van der Waals surface area (Å²) in [4.78, 5) is 22.8. The molecule has 0 radical (unpaired) electrons. The number of nitro benzene ring substituents is 1. The second-order valence-electron chi connectivity index (χ2n) is 15.7. The summed E-state index contributed by atoms with van der Waals surface area (Å²) in [6.07, 6.45) is 0.886. The van der Waals surface area contributed by atoms with E-state index < -0.39 is 41.2 Å². The summed E-state index contributed by atoms with van der Waals surface area (Å²) in [5.74, 6) is -0.0977. The number of rotatable bonds is 13. The summed E-state index contributed by atoms with van der Waals surface area (Å²) in [7, 11) is -8.12. The van der Waals surface area contributed by atoms with E-state index in [1.807, 2.05) is 25.1 Å². The van der Waals surface area contributed by atoms with E-state index >= 15 is 0 Å². The number of fused-ring (bicyclic) bond motifs is 3. The smallest absolute Gasteiger partial charge is 0.295 e. The summed E-state index contributed by atoms with van der Waals surface area (Å²) >= 11 is 6.17. The normalized spacial score (nSPS) is 11.7. The fraction of sp³-hybridized carbons (Fsp3) is 0.0816. The third kappa shape index (κ3) is 12.1. The Morgan fingerprint density at radius 1 is 0.644 bits per heavy atom. The number of aromatic hydroxyl groups is 4. The van der Waals surface area contributed by atoms with E-state index in [9.17, 15) is 51.9 Å². The molecular formula is C49H38ClCrN9O11S2. The Hall–Kier alpha value is -8.17. The zero-order chi connectivity index (χ0) is 51.3. The molecule has 1 heterocycles. The van der Waals surface area contributed by atoms with Crippen LogP contribution in [0.5, 0.6) is 23.0 Å². The number of para-hydroxylation sites is 1. The Kier molecular flexibility index (Phi) is 15.9. The molecule has 0 amide bonds. The van der Waals surface area contributed by atoms with Crippen LogP contribution in [0.1, 0.15) is 24.7 Å². The average molecular weight is 1080 g/mol. The van der Waals surface area contributed by atoms with Crippen molar-refractivity contribution < 1.29 is 64.1 Å². The van der Waals surface area contributed by atoms with E-state index in [2.05, 4.69) is 40.7 Å². The average Bonchev–Trinajstić information content (AvgIpc) is 3.34. The van der Waals surface area contributed by atoms with Gasteiger partial charge in [0.1, 0.15) is 50.7 Å². The number of nitrogens with zero attached hydrogens (tertiary/aromatic N) is 8. The fourth-order valence-corrected chi connectivity index (χ4v) is 9.61. The summed E-state index contributed by atoms with van der Waals surface area (Å²) in [5, 5.41) is 74.0. The number of azo groups is 2. The number of phenolic OH excluding ortho intramolecular Hbond substituents is 4. The molecule has 0 saturated carbocycles. The van der Waals surface area contributed by atoms with Crippen molar-refractivity contribution in [3.63, 3.8) is 0 Å². The van der Waals surface area contributed by atoms with Gasteiger partial charge in [-0.05, 0) is 89.0 Å². The van der Waals surface area contributed by atoms with Gasteiger partial charge in [-0.15, -0.1) is 20.5 Å². The Labute approximate surface area is 431 Å². The van der Waals surface area contributed by atoms with Crippen molar-refractivity contribution in [1.82, 2.24) is 15.0 Å². The summed E-state index contributed by atoms with van der Waals surface area (Å²) < 4.78 is 57.5. The molecule has 1 aromatic heterocycles. The first kappa shape index (κ1) is 52.7. The molecule has 24 heteroatoms. The quantitative estimate of drug-likeness (QED) is 0.0271. The summed E-state index contributed by atoms with van der Waals surface area (Å²) in [6, 6.07) is 36.1. The van der Waals surface area contributed by atoms with Crippen molar-refractivity contribution in [2.45, 2.75) is 29.6 Å². The number of nitrogens with one attached hydrogen (secondary N) is 1. The maximum Gasteiger partial charge on any atom is 0.295 e. The maximum absolute atomic E-state index is 12.3. The van der Waals surface area contributed by atoms with Crippen molar-refractivity contribution in [3.8, 4) is 23.0 Å². The van der Waals surface area contributed by atoms with E-state index in [4.69, 9.17) is 11.6 Å². The van der Waals surface area contributed by atoms with Gasteiger partial charge in [0.15, 0.2) is 15.6 Å². The van der Waals surface area contributed by atoms with Gasteiger partial charge in [-0.2, -0.15) is 18.4 Å². The van der Waals surface area contributed by atoms with E-state index in [0.717, 1.165) is 34.5 Å². The first-order valence-electron chi connectivity index (χ1n) is 21.4. The Balaban J connectivity index is 0.000000219. The molecule has 73 heavy (non-hydrogen) atoms. The van der Waals surface area contributed by atoms with E-state index in [0.29, 0.717) is 40.8 Å². The third-order valence-corrected chi connectivity index (χ3v) is 13.8. The van der Waals surface area contributed by atoms with Crippen LogP contribution in [0.3, 0.4) is 0 Å². The molecule has 0 aliphatic heterocycles. The summed E-state index contributed by atoms with van der Waals surface area (Å²) in [5.41, 5.74) is 1.55. The number of phenols is 4. The van der Waals surface area contributed by atoms with E-state index in [-0.39, 0.29) is 84.3 Å². The zero-order valence-electron chi connectivity index (χ0n) is 37.8. The Morgan fingerprint density at radius 2 is 1.32 bits per heavy atom. The fourth-order valence-electron chi connectivity index (χ4n) is 7.40. The zero-order valence-corrected chi connectivity index (χ0v) is 41.4. The number of non-ortho nitro benzene ring substituents is 1. The molecule has 0 fully saturated rings. The van der Waals surface area contributed by atoms with Crippen molar-refractivity contribution >= 4 is 104 Å². The number of benzene rings is 8. The molecule has 0 bridgehead atoms. The standard InChI is InChI=1S/C29H25ClN6O4S.C20H13N3O7S.Cr/c1-2-15-41(39,40)21-11-9-20(10-12-21)31-29-33-26(32-28(30)34-29)17-18-7-13-22-19(16-18)8-14-24(27(22)38)36-35-23-5-3-4-6-25(23)37;24-16-8-5-11-3-1-2-4-13(11)19(16)21-22-20-14-7-6-12(23(26)27)9-15(14)18(10-17(20)25)31(28,29)30;/h3-14,16,37-38H,2,15,17H2,1H3,(H,31,32,33,34);1-10,24-25H,(H,28,29,30);. The largest absolute Gasteiger partial charge is 0.506 e. The number of sulfone groups is 1. The Bertz CT molecular complexity index is 3890. The molecule has 370 valence electrons. The minimum absolute atomic E-state index is 0. The summed E-state index contributed by atoms with van der Waals surface area (Å²) in [6.45, 7) is 1.82. The molecule has 8 aromatic carbocycles. The van der Waals surface area contributed by atoms with Gasteiger partial charge in [0.05, 0.1) is 15.6 Å². The molecular weight excluding hydrogens is 1040 g/mol. The van der Waals surface area contributed by atoms with Gasteiger partial charge in [-0.25, -0.2) is 13.4 Å². The molecule has 0 unspecified atom stereocenters. The second kappa shape index (κ2) is 22.1. The van der Waals surface area contributed by atoms with Crippen LogP contribution in [0.4, 0.5) is 40.1 Å². The van der Waals surface area contributed by atoms with Gasteiger partial charge in [-0.3, -0.25) is 14.7 Å². The number of anilines is 2. The molecule has 6 N–H and O–H groups in total. The van der Waals surface area contributed by atoms with Crippen LogP contribution in [0.2, 0.25) is 5.28 Å². The predicted molar refractivity (Wildman–Crippen MR) is 269 cm³/mol. The van der Waals surface area contributed by atoms with Crippen LogP contribution in [0, 0.1) is 10.1 Å². The molecule has 0 aliphatic rings. The second-order valence-corrected chi connectivity index (χ2v) is 19.6. The first-order chi connectivity index (χ1) is 34.4. The molecule has 0 saturated heterocycles. The molecule has 9 rings (SSSR count). The van der Waals surface area contributed by atoms with Gasteiger partial charge in [0.25, 0.3) is 15.8 Å². The molecule has 0 spiro atoms. The van der Waals surface area contributed by atoms with Crippen molar-refractivity contribution in [2.24, 2.45) is 20.5 Å². The topological polar surface area (TPSA) is 313 Å². The van der Waals surface area contributed by atoms with Crippen LogP contribution in [-0.4, -0.2) is 67.4 Å². The Morgan fingerprint density at radius 3 is 2.03 bits per heavy atom. The third-order valence-electron chi connectivity index (χ3n) is 10.8. The van der Waals surface area contributed by atoms with E-state index in [1.54, 1.807) is 84.9 Å². The SMILES string of the molecule is CCCS(=O)(=O)c1ccc(Nc2nc(Cl)nc(Cc3ccc4c(O)c(N=Nc5ccccc5O)ccc4c3)n2)cc1.O=[N+]([O-])c1ccc2c(N=Nc3c(O)ccc4ccccc34)c(O)cc(S(=O)(=O)O)c2c1.[Cr]. The van der Waals surface area contributed by atoms with Gasteiger partial charge in [0.2, 0.25) is 11.2 Å². The van der Waals surface area contributed by atoms with Crippen molar-refractivity contribution in [3.05, 3.63) is 166 Å². The van der Waals surface area contributed by atoms with Crippen LogP contribution >= 0.6 is 11.6 Å². The molecule has 20 nitrogen and oxygen atoms in total. The van der Waals surface area contributed by atoms with Gasteiger partial charge in [-0.1, -0.05) is 73.7 Å². The van der Waals surface area contributed by atoms with Crippen molar-refractivity contribution in [1.29, 1.82) is 0 Å². The monoisotopic (exact) mass is 1080 g/mol. The number of hydrogen-bond acceptors (Lipinski definition) is 18. The van der Waals surface area contributed by atoms with Crippen LogP contribution in [0.25, 0.3) is 32.3 Å². The van der Waals surface area contributed by atoms with Crippen LogP contribution in [-0.2, 0) is 43.7 Å². The minimum atomic E-state index is -4.81. The molecule has 9 aromatic rings.